The van der Waals surface area contributed by atoms with Crippen LogP contribution in [0.4, 0.5) is 5.69 Å². The van der Waals surface area contributed by atoms with Crippen LogP contribution in [0.1, 0.15) is 9.67 Å². The van der Waals surface area contributed by atoms with E-state index in [9.17, 15) is 4.79 Å². The molecular formula is C15H7Cl4NOS. The first-order chi connectivity index (χ1) is 10.5. The molecule has 7 heteroatoms. The van der Waals surface area contributed by atoms with Gasteiger partial charge in [0.2, 0.25) is 0 Å². The second-order valence-corrected chi connectivity index (χ2v) is 7.04. The lowest BCUT2D eigenvalue weighted by Crippen LogP contribution is -2.11. The average molecular weight is 391 g/mol. The number of amides is 1. The van der Waals surface area contributed by atoms with E-state index in [-0.39, 0.29) is 10.9 Å². The number of carbonyl (C=O) groups excluding carboxylic acids is 1. The van der Waals surface area contributed by atoms with Gasteiger partial charge in [-0.3, -0.25) is 4.79 Å². The smallest absolute Gasteiger partial charge is 0.267 e. The first kappa shape index (κ1) is 15.9. The van der Waals surface area contributed by atoms with Gasteiger partial charge < -0.3 is 5.32 Å². The Morgan fingerprint density at radius 3 is 2.32 bits per heavy atom. The largest absolute Gasteiger partial charge is 0.320 e. The van der Waals surface area contributed by atoms with Gasteiger partial charge in [0.1, 0.15) is 4.88 Å². The molecule has 1 N–H and O–H groups in total. The van der Waals surface area contributed by atoms with Crippen LogP contribution in [0.5, 0.6) is 0 Å². The number of thiophene rings is 1. The fourth-order valence-electron chi connectivity index (χ4n) is 2.00. The summed E-state index contributed by atoms with van der Waals surface area (Å²) in [6.45, 7) is 0. The summed E-state index contributed by atoms with van der Waals surface area (Å²) in [5.41, 5.74) is 0.429. The third kappa shape index (κ3) is 2.80. The summed E-state index contributed by atoms with van der Waals surface area (Å²) in [7, 11) is 0. The van der Waals surface area contributed by atoms with Crippen LogP contribution in [-0.4, -0.2) is 5.91 Å². The topological polar surface area (TPSA) is 29.1 Å². The molecule has 3 aromatic rings. The molecule has 2 aromatic carbocycles. The highest BCUT2D eigenvalue weighted by molar-refractivity contribution is 7.21. The van der Waals surface area contributed by atoms with Crippen molar-refractivity contribution < 1.29 is 4.79 Å². The SMILES string of the molecule is O=C(Nc1cccc(Cl)c1Cl)c1sc2cccc(Cl)c2c1Cl. The molecule has 0 aliphatic heterocycles. The highest BCUT2D eigenvalue weighted by Crippen LogP contribution is 2.40. The summed E-state index contributed by atoms with van der Waals surface area (Å²) in [6.07, 6.45) is 0. The molecule has 0 aliphatic rings. The van der Waals surface area contributed by atoms with E-state index < -0.39 is 0 Å². The second kappa shape index (κ2) is 6.26. The van der Waals surface area contributed by atoms with Crippen molar-refractivity contribution >= 4 is 79.4 Å². The van der Waals surface area contributed by atoms with Crippen molar-refractivity contribution in [1.82, 2.24) is 0 Å². The fourth-order valence-corrected chi connectivity index (χ4v) is 4.19. The normalized spacial score (nSPS) is 10.9. The van der Waals surface area contributed by atoms with Gasteiger partial charge in [-0.1, -0.05) is 58.5 Å². The molecule has 0 aliphatic carbocycles. The van der Waals surface area contributed by atoms with Crippen molar-refractivity contribution in [1.29, 1.82) is 0 Å². The molecule has 1 amide bonds. The van der Waals surface area contributed by atoms with Gasteiger partial charge in [-0.15, -0.1) is 11.3 Å². The molecular weight excluding hydrogens is 384 g/mol. The molecule has 0 spiro atoms. The first-order valence-corrected chi connectivity index (χ1v) is 8.43. The van der Waals surface area contributed by atoms with Gasteiger partial charge >= 0.3 is 0 Å². The van der Waals surface area contributed by atoms with Crippen LogP contribution < -0.4 is 5.32 Å². The molecule has 0 fully saturated rings. The minimum absolute atomic E-state index is 0.285. The Bertz CT molecular complexity index is 891. The van der Waals surface area contributed by atoms with Gasteiger partial charge in [0.15, 0.2) is 0 Å². The van der Waals surface area contributed by atoms with E-state index in [1.165, 1.54) is 11.3 Å². The summed E-state index contributed by atoms with van der Waals surface area (Å²) in [6, 6.07) is 10.4. The number of fused-ring (bicyclic) bond motifs is 1. The van der Waals surface area contributed by atoms with Crippen LogP contribution in [0.15, 0.2) is 36.4 Å². The summed E-state index contributed by atoms with van der Waals surface area (Å²) < 4.78 is 0.847. The maximum Gasteiger partial charge on any atom is 0.267 e. The monoisotopic (exact) mass is 389 g/mol. The second-order valence-electron chi connectivity index (χ2n) is 4.41. The number of nitrogens with one attached hydrogen (secondary N) is 1. The van der Waals surface area contributed by atoms with E-state index in [1.54, 1.807) is 24.3 Å². The van der Waals surface area contributed by atoms with Gasteiger partial charge in [0.05, 0.1) is 25.8 Å². The molecule has 2 nitrogen and oxygen atoms in total. The van der Waals surface area contributed by atoms with Gasteiger partial charge in [0, 0.05) is 10.1 Å². The number of benzene rings is 2. The predicted molar refractivity (Wildman–Crippen MR) is 96.3 cm³/mol. The minimum Gasteiger partial charge on any atom is -0.320 e. The van der Waals surface area contributed by atoms with Crippen molar-refractivity contribution in [2.75, 3.05) is 5.32 Å². The molecule has 1 heterocycles. The van der Waals surface area contributed by atoms with E-state index >= 15 is 0 Å². The highest BCUT2D eigenvalue weighted by atomic mass is 35.5. The lowest BCUT2D eigenvalue weighted by molar-refractivity contribution is 0.103. The summed E-state index contributed by atoms with van der Waals surface area (Å²) in [5.74, 6) is -0.355. The van der Waals surface area contributed by atoms with Crippen LogP contribution >= 0.6 is 57.7 Å². The molecule has 0 atom stereocenters. The number of rotatable bonds is 2. The Morgan fingerprint density at radius 2 is 1.59 bits per heavy atom. The van der Waals surface area contributed by atoms with Gasteiger partial charge in [-0.2, -0.15) is 0 Å². The van der Waals surface area contributed by atoms with Gasteiger partial charge in [-0.25, -0.2) is 0 Å². The molecule has 0 bridgehead atoms. The zero-order valence-corrected chi connectivity index (χ0v) is 14.6. The number of hydrogen-bond donors (Lipinski definition) is 1. The van der Waals surface area contributed by atoms with Crippen molar-refractivity contribution in [2.45, 2.75) is 0 Å². The minimum atomic E-state index is -0.355. The fraction of sp³-hybridized carbons (Fsp3) is 0. The summed E-state index contributed by atoms with van der Waals surface area (Å²) in [4.78, 5) is 12.8. The van der Waals surface area contributed by atoms with Crippen LogP contribution in [0, 0.1) is 0 Å². The third-order valence-corrected chi connectivity index (χ3v) is 5.79. The standard InChI is InChI=1S/C15H7Cl4NOS/c16-7-3-2-6-10-11(7)13(19)14(22-10)15(21)20-9-5-1-4-8(17)12(9)18/h1-6H,(H,20,21). The van der Waals surface area contributed by atoms with Crippen LogP contribution in [0.25, 0.3) is 10.1 Å². The summed E-state index contributed by atoms with van der Waals surface area (Å²) in [5, 5.41) is 4.89. The first-order valence-electron chi connectivity index (χ1n) is 6.11. The van der Waals surface area contributed by atoms with Crippen molar-refractivity contribution in [3.63, 3.8) is 0 Å². The molecule has 3 rings (SSSR count). The quantitative estimate of drug-likeness (QED) is 0.514. The van der Waals surface area contributed by atoms with E-state index in [0.29, 0.717) is 31.0 Å². The van der Waals surface area contributed by atoms with Gasteiger partial charge in [-0.05, 0) is 24.3 Å². The summed E-state index contributed by atoms with van der Waals surface area (Å²) >= 11 is 25.7. The van der Waals surface area contributed by atoms with E-state index in [2.05, 4.69) is 5.32 Å². The Kier molecular flexibility index (Phi) is 4.53. The van der Waals surface area contributed by atoms with E-state index in [4.69, 9.17) is 46.4 Å². The molecule has 0 saturated heterocycles. The Labute approximate surface area is 150 Å². The lowest BCUT2D eigenvalue weighted by Gasteiger charge is -2.07. The average Bonchev–Trinajstić information content (AvgIpc) is 2.82. The number of hydrogen-bond acceptors (Lipinski definition) is 2. The maximum atomic E-state index is 12.4. The Balaban J connectivity index is 2.01. The molecule has 22 heavy (non-hydrogen) atoms. The number of halogens is 4. The van der Waals surface area contributed by atoms with Crippen LogP contribution in [0.2, 0.25) is 20.1 Å². The Hall–Kier alpha value is -0.970. The van der Waals surface area contributed by atoms with Crippen LogP contribution in [0.3, 0.4) is 0 Å². The Morgan fingerprint density at radius 1 is 0.909 bits per heavy atom. The van der Waals surface area contributed by atoms with Crippen molar-refractivity contribution in [2.24, 2.45) is 0 Å². The van der Waals surface area contributed by atoms with Gasteiger partial charge in [0.25, 0.3) is 5.91 Å². The number of anilines is 1. The molecule has 112 valence electrons. The van der Waals surface area contributed by atoms with Crippen LogP contribution in [-0.2, 0) is 0 Å². The van der Waals surface area contributed by atoms with E-state index in [0.717, 1.165) is 4.70 Å². The highest BCUT2D eigenvalue weighted by Gasteiger charge is 2.19. The van der Waals surface area contributed by atoms with E-state index in [1.807, 2.05) is 12.1 Å². The predicted octanol–water partition coefficient (Wildman–Crippen LogP) is 6.77. The molecule has 0 saturated carbocycles. The molecule has 0 radical (unpaired) electrons. The maximum absolute atomic E-state index is 12.4. The third-order valence-electron chi connectivity index (χ3n) is 3.01. The molecule has 0 unspecified atom stereocenters. The number of carbonyl (C=O) groups is 1. The zero-order chi connectivity index (χ0) is 15.9. The zero-order valence-electron chi connectivity index (χ0n) is 10.8. The molecule has 1 aromatic heterocycles. The lowest BCUT2D eigenvalue weighted by atomic mass is 10.2. The van der Waals surface area contributed by atoms with Crippen molar-refractivity contribution in [3.8, 4) is 0 Å². The van der Waals surface area contributed by atoms with Crippen molar-refractivity contribution in [3.05, 3.63) is 61.4 Å².